The van der Waals surface area contributed by atoms with Gasteiger partial charge in [0.2, 0.25) is 0 Å². The van der Waals surface area contributed by atoms with Gasteiger partial charge in [-0.3, -0.25) is 0 Å². The summed E-state index contributed by atoms with van der Waals surface area (Å²) < 4.78 is 25.9. The molecule has 0 saturated heterocycles. The standard InChI is InChI=1S/C22H23FN2O4/c1-2-29-20-18(6-5-17(23)19(20)14-7-9-28-10-8-14)25-21-16(22(26)27)11-15(12-24-21)13-3-4-13/h5-7,11-13H,2-4,8-10H2,1H3,(H,24,25)(H,26,27). The zero-order valence-electron chi connectivity index (χ0n) is 16.2. The highest BCUT2D eigenvalue weighted by atomic mass is 19.1. The lowest BCUT2D eigenvalue weighted by atomic mass is 9.98. The third-order valence-corrected chi connectivity index (χ3v) is 5.12. The number of rotatable bonds is 7. The van der Waals surface area contributed by atoms with Crippen LogP contribution in [0, 0.1) is 5.82 Å². The highest BCUT2D eigenvalue weighted by molar-refractivity contribution is 5.94. The molecule has 0 unspecified atom stereocenters. The largest absolute Gasteiger partial charge is 0.491 e. The van der Waals surface area contributed by atoms with E-state index in [2.05, 4.69) is 10.3 Å². The van der Waals surface area contributed by atoms with Gasteiger partial charge in [-0.15, -0.1) is 0 Å². The second kappa shape index (κ2) is 8.21. The van der Waals surface area contributed by atoms with Crippen molar-refractivity contribution in [3.05, 3.63) is 53.0 Å². The van der Waals surface area contributed by atoms with Gasteiger partial charge < -0.3 is 19.9 Å². The number of aromatic nitrogens is 1. The van der Waals surface area contributed by atoms with Gasteiger partial charge in [-0.05, 0) is 61.4 Å². The van der Waals surface area contributed by atoms with Crippen molar-refractivity contribution in [3.8, 4) is 5.75 Å². The number of hydrogen-bond acceptors (Lipinski definition) is 5. The van der Waals surface area contributed by atoms with E-state index in [0.717, 1.165) is 24.0 Å². The van der Waals surface area contributed by atoms with Crippen LogP contribution < -0.4 is 10.1 Å². The number of hydrogen-bond donors (Lipinski definition) is 2. The summed E-state index contributed by atoms with van der Waals surface area (Å²) in [6.45, 7) is 3.10. The minimum Gasteiger partial charge on any atom is -0.491 e. The maximum Gasteiger partial charge on any atom is 0.339 e. The number of nitrogens with one attached hydrogen (secondary N) is 1. The van der Waals surface area contributed by atoms with Gasteiger partial charge >= 0.3 is 5.97 Å². The highest BCUT2D eigenvalue weighted by Gasteiger charge is 2.27. The molecule has 0 bridgehead atoms. The molecule has 0 amide bonds. The van der Waals surface area contributed by atoms with Crippen molar-refractivity contribution in [3.63, 3.8) is 0 Å². The minimum absolute atomic E-state index is 0.0907. The predicted molar refractivity (Wildman–Crippen MR) is 107 cm³/mol. The van der Waals surface area contributed by atoms with E-state index in [-0.39, 0.29) is 17.2 Å². The van der Waals surface area contributed by atoms with Crippen LogP contribution in [0.2, 0.25) is 0 Å². The molecular formula is C22H23FN2O4. The first-order valence-corrected chi connectivity index (χ1v) is 9.81. The van der Waals surface area contributed by atoms with E-state index >= 15 is 0 Å². The molecule has 1 aliphatic heterocycles. The maximum atomic E-state index is 14.7. The Morgan fingerprint density at radius 1 is 1.41 bits per heavy atom. The molecule has 4 rings (SSSR count). The summed E-state index contributed by atoms with van der Waals surface area (Å²) in [4.78, 5) is 16.1. The van der Waals surface area contributed by atoms with E-state index in [9.17, 15) is 14.3 Å². The molecule has 1 aromatic carbocycles. The normalized spacial score (nSPS) is 16.3. The third-order valence-electron chi connectivity index (χ3n) is 5.12. The quantitative estimate of drug-likeness (QED) is 0.701. The highest BCUT2D eigenvalue weighted by Crippen LogP contribution is 2.42. The number of carboxylic acid groups (broad SMARTS) is 1. The van der Waals surface area contributed by atoms with Crippen molar-refractivity contribution in [2.24, 2.45) is 0 Å². The first-order valence-electron chi connectivity index (χ1n) is 9.81. The van der Waals surface area contributed by atoms with Gasteiger partial charge in [0.25, 0.3) is 0 Å². The molecule has 152 valence electrons. The number of benzene rings is 1. The van der Waals surface area contributed by atoms with Gasteiger partial charge in [-0.1, -0.05) is 6.08 Å². The SMILES string of the molecule is CCOc1c(Nc2ncc(C3CC3)cc2C(=O)O)ccc(F)c1C1=CCOCC1. The fourth-order valence-electron chi connectivity index (χ4n) is 3.52. The van der Waals surface area contributed by atoms with Gasteiger partial charge in [-0.2, -0.15) is 0 Å². The Balaban J connectivity index is 1.75. The summed E-state index contributed by atoms with van der Waals surface area (Å²) in [5, 5.41) is 12.7. The second-order valence-corrected chi connectivity index (χ2v) is 7.16. The molecule has 7 heteroatoms. The summed E-state index contributed by atoms with van der Waals surface area (Å²) >= 11 is 0. The van der Waals surface area contributed by atoms with Gasteiger partial charge in [-0.25, -0.2) is 14.2 Å². The molecule has 1 aliphatic carbocycles. The van der Waals surface area contributed by atoms with Crippen molar-refractivity contribution < 1.29 is 23.8 Å². The average molecular weight is 398 g/mol. The number of nitrogens with zero attached hydrogens (tertiary/aromatic N) is 1. The molecule has 0 atom stereocenters. The first-order chi connectivity index (χ1) is 14.1. The number of anilines is 2. The van der Waals surface area contributed by atoms with E-state index in [1.54, 1.807) is 18.3 Å². The van der Waals surface area contributed by atoms with E-state index in [4.69, 9.17) is 9.47 Å². The van der Waals surface area contributed by atoms with Crippen LogP contribution in [0.15, 0.2) is 30.5 Å². The van der Waals surface area contributed by atoms with E-state index in [1.165, 1.54) is 6.07 Å². The number of carbonyl (C=O) groups is 1. The van der Waals surface area contributed by atoms with Crippen LogP contribution in [0.4, 0.5) is 15.9 Å². The Hall–Kier alpha value is -2.93. The fraction of sp³-hybridized carbons (Fsp3) is 0.364. The summed E-state index contributed by atoms with van der Waals surface area (Å²) in [5.41, 5.74) is 2.70. The second-order valence-electron chi connectivity index (χ2n) is 7.16. The van der Waals surface area contributed by atoms with Gasteiger partial charge in [0.05, 0.1) is 31.1 Å². The minimum atomic E-state index is -1.06. The zero-order chi connectivity index (χ0) is 20.4. The van der Waals surface area contributed by atoms with Crippen molar-refractivity contribution in [1.29, 1.82) is 0 Å². The Labute approximate surface area is 168 Å². The molecule has 2 aromatic rings. The van der Waals surface area contributed by atoms with Crippen LogP contribution in [-0.2, 0) is 4.74 Å². The molecule has 1 aromatic heterocycles. The Kier molecular flexibility index (Phi) is 5.49. The van der Waals surface area contributed by atoms with E-state index in [0.29, 0.717) is 49.2 Å². The fourth-order valence-corrected chi connectivity index (χ4v) is 3.52. The number of pyridine rings is 1. The Morgan fingerprint density at radius 3 is 2.90 bits per heavy atom. The molecule has 2 N–H and O–H groups in total. The smallest absolute Gasteiger partial charge is 0.339 e. The van der Waals surface area contributed by atoms with Crippen molar-refractivity contribution in [1.82, 2.24) is 4.98 Å². The van der Waals surface area contributed by atoms with Crippen LogP contribution >= 0.6 is 0 Å². The van der Waals surface area contributed by atoms with Crippen LogP contribution in [0.5, 0.6) is 5.75 Å². The Bertz CT molecular complexity index is 970. The monoisotopic (exact) mass is 398 g/mol. The van der Waals surface area contributed by atoms with Crippen LogP contribution in [0.1, 0.15) is 53.6 Å². The first kappa shape index (κ1) is 19.4. The summed E-state index contributed by atoms with van der Waals surface area (Å²) in [7, 11) is 0. The lowest BCUT2D eigenvalue weighted by Crippen LogP contribution is -2.10. The number of halogens is 1. The van der Waals surface area contributed by atoms with Crippen molar-refractivity contribution in [2.75, 3.05) is 25.1 Å². The average Bonchev–Trinajstić information content (AvgIpc) is 3.56. The molecule has 29 heavy (non-hydrogen) atoms. The number of carboxylic acids is 1. The molecule has 2 aliphatic rings. The third kappa shape index (κ3) is 4.10. The van der Waals surface area contributed by atoms with Gasteiger partial charge in [0.15, 0.2) is 5.75 Å². The van der Waals surface area contributed by atoms with E-state index in [1.807, 2.05) is 13.0 Å². The lowest BCUT2D eigenvalue weighted by molar-refractivity contribution is 0.0697. The van der Waals surface area contributed by atoms with Crippen LogP contribution in [0.25, 0.3) is 5.57 Å². The zero-order valence-corrected chi connectivity index (χ0v) is 16.2. The van der Waals surface area contributed by atoms with Crippen LogP contribution in [0.3, 0.4) is 0 Å². The molecule has 1 saturated carbocycles. The lowest BCUT2D eigenvalue weighted by Gasteiger charge is -2.21. The maximum absolute atomic E-state index is 14.7. The van der Waals surface area contributed by atoms with Gasteiger partial charge in [0, 0.05) is 6.20 Å². The van der Waals surface area contributed by atoms with Crippen molar-refractivity contribution >= 4 is 23.0 Å². The topological polar surface area (TPSA) is 80.7 Å². The molecular weight excluding hydrogens is 375 g/mol. The Morgan fingerprint density at radius 2 is 2.24 bits per heavy atom. The predicted octanol–water partition coefficient (Wildman–Crippen LogP) is 4.74. The van der Waals surface area contributed by atoms with Gasteiger partial charge in [0.1, 0.15) is 17.2 Å². The number of ether oxygens (including phenoxy) is 2. The molecule has 0 spiro atoms. The summed E-state index contributed by atoms with van der Waals surface area (Å²) in [5.74, 6) is -0.490. The summed E-state index contributed by atoms with van der Waals surface area (Å²) in [6.07, 6.45) is 6.25. The van der Waals surface area contributed by atoms with E-state index < -0.39 is 5.97 Å². The van der Waals surface area contributed by atoms with Crippen LogP contribution in [-0.4, -0.2) is 35.9 Å². The number of aromatic carboxylic acids is 1. The molecule has 2 heterocycles. The van der Waals surface area contributed by atoms with Crippen molar-refractivity contribution in [2.45, 2.75) is 32.1 Å². The molecule has 0 radical (unpaired) electrons. The molecule has 6 nitrogen and oxygen atoms in total. The molecule has 1 fully saturated rings. The summed E-state index contributed by atoms with van der Waals surface area (Å²) in [6, 6.07) is 4.57.